The van der Waals surface area contributed by atoms with Crippen molar-refractivity contribution in [3.8, 4) is 0 Å². The number of rotatable bonds is 2. The van der Waals surface area contributed by atoms with E-state index in [0.29, 0.717) is 4.76 Å². The zero-order valence-corrected chi connectivity index (χ0v) is 7.49. The fourth-order valence-corrected chi connectivity index (χ4v) is 1.09. The van der Waals surface area contributed by atoms with Crippen LogP contribution in [-0.2, 0) is 0 Å². The Morgan fingerprint density at radius 3 is 2.46 bits per heavy atom. The summed E-state index contributed by atoms with van der Waals surface area (Å²) in [5, 5.41) is 10.5. The van der Waals surface area contributed by atoms with Crippen molar-refractivity contribution >= 4 is 23.0 Å². The summed E-state index contributed by atoms with van der Waals surface area (Å²) in [7, 11) is 1.23. The Morgan fingerprint density at radius 2 is 2.00 bits per heavy atom. The number of nitrogens with zero attached hydrogens (tertiary/aromatic N) is 2. The molecule has 0 spiro atoms. The van der Waals surface area contributed by atoms with Gasteiger partial charge < -0.3 is 0 Å². The number of halogens is 1. The van der Waals surface area contributed by atoms with Crippen molar-refractivity contribution in [2.75, 3.05) is 7.05 Å². The molecule has 0 bridgehead atoms. The molecule has 0 fully saturated rings. The Kier molecular flexibility index (Phi) is 2.57. The molecule has 1 aromatic carbocycles. The summed E-state index contributed by atoms with van der Waals surface area (Å²) in [6.45, 7) is 0. The summed E-state index contributed by atoms with van der Waals surface area (Å²) < 4.78 is 0.481. The fourth-order valence-electron chi connectivity index (χ4n) is 0.856. The highest BCUT2D eigenvalue weighted by Crippen LogP contribution is 2.27. The van der Waals surface area contributed by atoms with Gasteiger partial charge in [0.1, 0.15) is 5.02 Å². The van der Waals surface area contributed by atoms with Crippen LogP contribution in [0, 0.1) is 15.0 Å². The van der Waals surface area contributed by atoms with Gasteiger partial charge in [-0.15, -0.1) is 0 Å². The Bertz CT molecular complexity index is 378. The lowest BCUT2D eigenvalue weighted by molar-refractivity contribution is -0.429. The van der Waals surface area contributed by atoms with Gasteiger partial charge in [-0.1, -0.05) is 11.6 Å². The largest absolute Gasteiger partial charge is 0.280 e. The number of nitro groups is 1. The molecule has 68 valence electrons. The van der Waals surface area contributed by atoms with Gasteiger partial charge in [0.25, 0.3) is 11.4 Å². The Balaban J connectivity index is 3.27. The Hall–Kier alpha value is -1.49. The highest BCUT2D eigenvalue weighted by atomic mass is 35.5. The maximum Gasteiger partial charge on any atom is 0.280 e. The van der Waals surface area contributed by atoms with Crippen LogP contribution in [-0.4, -0.2) is 16.7 Å². The van der Waals surface area contributed by atoms with Crippen LogP contribution in [0.15, 0.2) is 18.2 Å². The summed E-state index contributed by atoms with van der Waals surface area (Å²) in [5.74, 6) is 0. The normalized spacial score (nSPS) is 9.69. The van der Waals surface area contributed by atoms with Crippen molar-refractivity contribution in [1.82, 2.24) is 0 Å². The summed E-state index contributed by atoms with van der Waals surface area (Å²) in [5.41, 5.74) is -0.0574. The van der Waals surface area contributed by atoms with Crippen LogP contribution >= 0.6 is 11.6 Å². The van der Waals surface area contributed by atoms with Crippen LogP contribution < -0.4 is 0 Å². The lowest BCUT2D eigenvalue weighted by atomic mass is 10.3. The first-order chi connectivity index (χ1) is 6.02. The molecule has 0 atom stereocenters. The third-order valence-electron chi connectivity index (χ3n) is 1.48. The molecule has 5 nitrogen and oxygen atoms in total. The van der Waals surface area contributed by atoms with Gasteiger partial charge in [0.15, 0.2) is 7.05 Å². The molecule has 13 heavy (non-hydrogen) atoms. The Morgan fingerprint density at radius 1 is 1.38 bits per heavy atom. The van der Waals surface area contributed by atoms with Crippen LogP contribution in [0.3, 0.4) is 0 Å². The number of nitro benzene ring substituents is 1. The first-order valence-electron chi connectivity index (χ1n) is 3.37. The minimum atomic E-state index is -0.580. The molecule has 0 aromatic heterocycles. The monoisotopic (exact) mass is 201 g/mol. The fraction of sp³-hybridized carbons (Fsp3) is 0.143. The molecule has 0 N–H and O–H groups in total. The second kappa shape index (κ2) is 3.49. The zero-order chi connectivity index (χ0) is 10.0. The van der Waals surface area contributed by atoms with E-state index in [1.807, 2.05) is 0 Å². The third-order valence-corrected chi connectivity index (χ3v) is 1.80. The van der Waals surface area contributed by atoms with Gasteiger partial charge >= 0.3 is 0 Å². The van der Waals surface area contributed by atoms with Crippen LogP contribution in [0.4, 0.5) is 11.4 Å². The molecule has 0 saturated heterocycles. The first kappa shape index (κ1) is 9.60. The van der Waals surface area contributed by atoms with Gasteiger partial charge in [-0.25, -0.2) is 0 Å². The van der Waals surface area contributed by atoms with E-state index in [1.165, 1.54) is 19.2 Å². The predicted octanol–water partition coefficient (Wildman–Crippen LogP) is 2.29. The smallest absolute Gasteiger partial charge is 0.258 e. The first-order valence-corrected chi connectivity index (χ1v) is 3.75. The van der Waals surface area contributed by atoms with Crippen molar-refractivity contribution in [2.45, 2.75) is 0 Å². The van der Waals surface area contributed by atoms with E-state index in [4.69, 9.17) is 11.6 Å². The quantitative estimate of drug-likeness (QED) is 0.419. The van der Waals surface area contributed by atoms with E-state index >= 15 is 0 Å². The van der Waals surface area contributed by atoms with Crippen LogP contribution in [0.25, 0.3) is 0 Å². The van der Waals surface area contributed by atoms with Gasteiger partial charge in [-0.2, -0.15) is 0 Å². The molecule has 0 unspecified atom stereocenters. The minimum absolute atomic E-state index is 0.0934. The molecular weight excluding hydrogens is 196 g/mol. The molecule has 0 heterocycles. The lowest BCUT2D eigenvalue weighted by Gasteiger charge is -1.92. The Labute approximate surface area is 78.7 Å². The third kappa shape index (κ3) is 2.00. The van der Waals surface area contributed by atoms with Gasteiger partial charge in [-0.3, -0.25) is 10.1 Å². The minimum Gasteiger partial charge on any atom is -0.258 e. The van der Waals surface area contributed by atoms with E-state index in [0.717, 1.165) is 6.07 Å². The SMILES string of the molecule is C[N+](=O)c1cc([N+](=O)[O-])ccc1Cl. The summed E-state index contributed by atoms with van der Waals surface area (Å²) in [6.07, 6.45) is 0. The number of nitroso groups, excluding NO2 is 1. The topological polar surface area (TPSA) is 63.2 Å². The van der Waals surface area contributed by atoms with E-state index in [9.17, 15) is 15.0 Å². The maximum atomic E-state index is 10.9. The molecule has 0 amide bonds. The average Bonchev–Trinajstić information content (AvgIpc) is 2.04. The summed E-state index contributed by atoms with van der Waals surface area (Å²) in [4.78, 5) is 20.6. The highest BCUT2D eigenvalue weighted by Gasteiger charge is 2.18. The van der Waals surface area contributed by atoms with Gasteiger partial charge in [0.05, 0.1) is 11.0 Å². The molecule has 0 aliphatic rings. The van der Waals surface area contributed by atoms with E-state index in [1.54, 1.807) is 0 Å². The number of hydrogen-bond donors (Lipinski definition) is 0. The average molecular weight is 202 g/mol. The summed E-state index contributed by atoms with van der Waals surface area (Å²) >= 11 is 5.63. The molecule has 0 saturated carbocycles. The van der Waals surface area contributed by atoms with E-state index in [-0.39, 0.29) is 16.4 Å². The lowest BCUT2D eigenvalue weighted by Crippen LogP contribution is -1.94. The molecule has 6 heteroatoms. The number of benzene rings is 1. The molecule has 0 radical (unpaired) electrons. The second-order valence-corrected chi connectivity index (χ2v) is 2.80. The van der Waals surface area contributed by atoms with Crippen molar-refractivity contribution in [3.63, 3.8) is 0 Å². The highest BCUT2D eigenvalue weighted by molar-refractivity contribution is 6.32. The van der Waals surface area contributed by atoms with Crippen molar-refractivity contribution in [3.05, 3.63) is 38.2 Å². The molecule has 0 aliphatic heterocycles. The van der Waals surface area contributed by atoms with Crippen molar-refractivity contribution in [2.24, 2.45) is 0 Å². The van der Waals surface area contributed by atoms with Gasteiger partial charge in [0.2, 0.25) is 0 Å². The van der Waals surface area contributed by atoms with Gasteiger partial charge in [-0.05, 0) is 6.07 Å². The van der Waals surface area contributed by atoms with Gasteiger partial charge in [0, 0.05) is 15.7 Å². The molecule has 0 aliphatic carbocycles. The number of hydrogen-bond acceptors (Lipinski definition) is 3. The standard InChI is InChI=1S/C7H6ClN2O3/c1-9(11)7-4-5(10(12)13)2-3-6(7)8/h2-4H,1H3/q+1. The maximum absolute atomic E-state index is 10.9. The zero-order valence-electron chi connectivity index (χ0n) is 6.73. The van der Waals surface area contributed by atoms with E-state index in [2.05, 4.69) is 0 Å². The van der Waals surface area contributed by atoms with Crippen LogP contribution in [0.1, 0.15) is 0 Å². The second-order valence-electron chi connectivity index (χ2n) is 2.39. The van der Waals surface area contributed by atoms with E-state index < -0.39 is 4.92 Å². The predicted molar refractivity (Wildman–Crippen MR) is 47.3 cm³/mol. The van der Waals surface area contributed by atoms with Crippen molar-refractivity contribution < 1.29 is 9.68 Å². The summed E-state index contributed by atoms with van der Waals surface area (Å²) in [6, 6.07) is 3.70. The van der Waals surface area contributed by atoms with Crippen LogP contribution in [0.5, 0.6) is 0 Å². The molecule has 1 rings (SSSR count). The number of non-ortho nitro benzene ring substituents is 1. The molecular formula is C7H6ClN2O3+. The van der Waals surface area contributed by atoms with Crippen LogP contribution in [0.2, 0.25) is 5.02 Å². The molecule has 1 aromatic rings. The van der Waals surface area contributed by atoms with Crippen molar-refractivity contribution in [1.29, 1.82) is 0 Å².